The van der Waals surface area contributed by atoms with Crippen LogP contribution in [0.5, 0.6) is 0 Å². The van der Waals surface area contributed by atoms with Crippen molar-refractivity contribution in [3.8, 4) is 0 Å². The van der Waals surface area contributed by atoms with Crippen molar-refractivity contribution >= 4 is 26.3 Å². The monoisotopic (exact) mass is 264 g/mol. The Morgan fingerprint density at radius 3 is 2.06 bits per heavy atom. The zero-order chi connectivity index (χ0) is 12.3. The highest BCUT2D eigenvalue weighted by Crippen LogP contribution is 2.15. The maximum atomic E-state index is 10.8. The van der Waals surface area contributed by atoms with E-state index < -0.39 is 20.6 Å². The molecule has 0 spiro atoms. The van der Waals surface area contributed by atoms with Crippen LogP contribution in [-0.4, -0.2) is 31.9 Å². The molecule has 16 heavy (non-hydrogen) atoms. The number of hydrogen-bond donors (Lipinski definition) is 1. The first kappa shape index (κ1) is 12.8. The van der Waals surface area contributed by atoms with Crippen LogP contribution < -0.4 is 0 Å². The molecule has 0 saturated heterocycles. The lowest BCUT2D eigenvalue weighted by Gasteiger charge is -1.96. The third-order valence-corrected chi connectivity index (χ3v) is 3.59. The van der Waals surface area contributed by atoms with Gasteiger partial charge in [-0.05, 0) is 19.1 Å². The predicted octanol–water partition coefficient (Wildman–Crippen LogP) is 0.660. The zero-order valence-electron chi connectivity index (χ0n) is 8.36. The van der Waals surface area contributed by atoms with Crippen LogP contribution in [0.2, 0.25) is 0 Å². The number of nitrogens with zero attached hydrogens (tertiary/aromatic N) is 1. The molecule has 0 aliphatic rings. The molecule has 8 heteroatoms. The minimum absolute atomic E-state index is 0.237. The van der Waals surface area contributed by atoms with E-state index in [9.17, 15) is 16.8 Å². The first-order valence-corrected chi connectivity index (χ1v) is 6.78. The van der Waals surface area contributed by atoms with Crippen molar-refractivity contribution in [3.05, 3.63) is 24.3 Å². The van der Waals surface area contributed by atoms with Crippen LogP contribution in [0, 0.1) is 0 Å². The van der Waals surface area contributed by atoms with E-state index in [0.717, 1.165) is 16.1 Å². The topological polar surface area (TPSA) is 91.5 Å². The van der Waals surface area contributed by atoms with E-state index >= 15 is 0 Å². The number of rotatable bonds is 3. The summed E-state index contributed by atoms with van der Waals surface area (Å²) in [5, 5.41) is 0. The smallest absolute Gasteiger partial charge is 0.282 e. The molecular weight excluding hydrogens is 254 g/mol. The van der Waals surface area contributed by atoms with Crippen molar-refractivity contribution in [3.63, 3.8) is 0 Å². The van der Waals surface area contributed by atoms with Crippen molar-refractivity contribution in [2.24, 2.45) is 0 Å². The van der Waals surface area contributed by atoms with Gasteiger partial charge in [0.2, 0.25) is 5.69 Å². The Morgan fingerprint density at radius 2 is 1.75 bits per heavy atom. The molecule has 0 unspecified atom stereocenters. The minimum Gasteiger partial charge on any atom is -0.282 e. The van der Waals surface area contributed by atoms with Crippen LogP contribution in [0.25, 0.3) is 0 Å². The van der Waals surface area contributed by atoms with Gasteiger partial charge in [0.25, 0.3) is 10.1 Å². The average Bonchev–Trinajstić information content (AvgIpc) is 2.17. The molecule has 0 amide bonds. The lowest BCUT2D eigenvalue weighted by molar-refractivity contribution is -0.409. The third-order valence-electron chi connectivity index (χ3n) is 1.89. The van der Waals surface area contributed by atoms with Gasteiger partial charge in [0.1, 0.15) is 0 Å². The molecule has 0 fully saturated rings. The molecule has 88 valence electrons. The molecule has 0 aliphatic heterocycles. The first-order valence-electron chi connectivity index (χ1n) is 4.30. The molecular formula is C8H10NO5S2+. The summed E-state index contributed by atoms with van der Waals surface area (Å²) < 4.78 is 52.8. The van der Waals surface area contributed by atoms with Gasteiger partial charge in [-0.2, -0.15) is 8.42 Å². The van der Waals surface area contributed by atoms with Crippen molar-refractivity contribution in [1.29, 1.82) is 0 Å². The summed E-state index contributed by atoms with van der Waals surface area (Å²) in [5.41, 5.74) is 0.336. The van der Waals surface area contributed by atoms with Gasteiger partial charge in [-0.15, -0.1) is 8.42 Å². The van der Waals surface area contributed by atoms with E-state index in [4.69, 9.17) is 4.55 Å². The molecule has 6 nitrogen and oxygen atoms in total. The lowest BCUT2D eigenvalue weighted by atomic mass is 10.3. The molecule has 0 heterocycles. The largest absolute Gasteiger partial charge is 0.465 e. The average molecular weight is 264 g/mol. The number of benzene rings is 1. The van der Waals surface area contributed by atoms with E-state index in [1.165, 1.54) is 12.1 Å². The number of hydrogen-bond acceptors (Lipinski definition) is 4. The van der Waals surface area contributed by atoms with Gasteiger partial charge in [-0.1, -0.05) is 3.95 Å². The van der Waals surface area contributed by atoms with Gasteiger partial charge < -0.3 is 0 Å². The normalized spacial score (nSPS) is 11.1. The fourth-order valence-corrected chi connectivity index (χ4v) is 2.14. The summed E-state index contributed by atoms with van der Waals surface area (Å²) in [6, 6.07) is 4.89. The summed E-state index contributed by atoms with van der Waals surface area (Å²) in [4.78, 5) is -0.274. The Kier molecular flexibility index (Phi) is 3.79. The third kappa shape index (κ3) is 2.87. The molecule has 1 rings (SSSR count). The molecule has 0 saturated carbocycles. The highest BCUT2D eigenvalue weighted by molar-refractivity contribution is 7.85. The lowest BCUT2D eigenvalue weighted by Crippen LogP contribution is -2.03. The van der Waals surface area contributed by atoms with Crippen LogP contribution in [0.15, 0.2) is 29.2 Å². The Morgan fingerprint density at radius 1 is 1.25 bits per heavy atom. The van der Waals surface area contributed by atoms with Crippen LogP contribution in [0.3, 0.4) is 0 Å². The molecule has 0 radical (unpaired) electrons. The van der Waals surface area contributed by atoms with E-state index in [0.29, 0.717) is 5.69 Å². The molecule has 0 bridgehead atoms. The van der Waals surface area contributed by atoms with Crippen molar-refractivity contribution in [2.75, 3.05) is 6.54 Å². The molecule has 1 aromatic carbocycles. The Hall–Kier alpha value is -1.25. The van der Waals surface area contributed by atoms with Crippen LogP contribution in [0.1, 0.15) is 6.92 Å². The van der Waals surface area contributed by atoms with Crippen LogP contribution in [-0.2, 0) is 20.6 Å². The second-order valence-corrected chi connectivity index (χ2v) is 5.18. The van der Waals surface area contributed by atoms with E-state index in [1.807, 2.05) is 0 Å². The second kappa shape index (κ2) is 4.73. The van der Waals surface area contributed by atoms with Gasteiger partial charge >= 0.3 is 10.5 Å². The standard InChI is InChI=1S/C8H9NO5S2/c1-2-9(15(10)11)7-3-5-8(6-4-7)16(12,13)14/h3-6H,2H2,1H3/p+1. The Labute approximate surface area is 94.6 Å². The molecule has 0 aromatic heterocycles. The van der Waals surface area contributed by atoms with Crippen LogP contribution >= 0.6 is 0 Å². The van der Waals surface area contributed by atoms with Gasteiger partial charge in [0.15, 0.2) is 6.54 Å². The SMILES string of the molecule is CC[N+](c1ccc(S(=O)(=O)O)cc1)=S(=O)=O. The predicted molar refractivity (Wildman–Crippen MR) is 55.6 cm³/mol. The maximum Gasteiger partial charge on any atom is 0.465 e. The summed E-state index contributed by atoms with van der Waals surface area (Å²) >= 11 is 0. The van der Waals surface area contributed by atoms with Crippen molar-refractivity contribution < 1.29 is 25.3 Å². The summed E-state index contributed by atoms with van der Waals surface area (Å²) in [6.45, 7) is 1.88. The highest BCUT2D eigenvalue weighted by atomic mass is 32.2. The fraction of sp³-hybridized carbons (Fsp3) is 0.250. The molecule has 0 atom stereocenters. The molecule has 1 N–H and O–H groups in total. The van der Waals surface area contributed by atoms with E-state index in [-0.39, 0.29) is 11.4 Å². The Bertz CT molecular complexity index is 605. The summed E-state index contributed by atoms with van der Waals surface area (Å²) in [5.74, 6) is 0. The zero-order valence-corrected chi connectivity index (χ0v) is 9.99. The second-order valence-electron chi connectivity index (χ2n) is 2.88. The van der Waals surface area contributed by atoms with E-state index in [1.54, 1.807) is 6.92 Å². The Balaban J connectivity index is 3.30. The highest BCUT2D eigenvalue weighted by Gasteiger charge is 2.13. The van der Waals surface area contributed by atoms with Gasteiger partial charge in [0, 0.05) is 12.1 Å². The minimum atomic E-state index is -4.24. The van der Waals surface area contributed by atoms with Crippen molar-refractivity contribution in [1.82, 2.24) is 0 Å². The molecule has 0 aliphatic carbocycles. The summed E-state index contributed by atoms with van der Waals surface area (Å²) in [6.07, 6.45) is 0. The fourth-order valence-electron chi connectivity index (χ4n) is 1.16. The quantitative estimate of drug-likeness (QED) is 0.639. The van der Waals surface area contributed by atoms with Gasteiger partial charge in [-0.25, -0.2) is 0 Å². The van der Waals surface area contributed by atoms with Crippen LogP contribution in [0.4, 0.5) is 5.69 Å². The van der Waals surface area contributed by atoms with E-state index in [2.05, 4.69) is 0 Å². The van der Waals surface area contributed by atoms with Gasteiger partial charge in [0.05, 0.1) is 4.90 Å². The maximum absolute atomic E-state index is 10.8. The first-order chi connectivity index (χ1) is 7.36. The van der Waals surface area contributed by atoms with Gasteiger partial charge in [-0.3, -0.25) is 4.55 Å². The summed E-state index contributed by atoms with van der Waals surface area (Å²) in [7, 11) is -6.66. The van der Waals surface area contributed by atoms with Crippen molar-refractivity contribution in [2.45, 2.75) is 11.8 Å². The molecule has 1 aromatic rings.